The van der Waals surface area contributed by atoms with Crippen molar-refractivity contribution in [2.75, 3.05) is 6.61 Å². The van der Waals surface area contributed by atoms with Gasteiger partial charge in [0.25, 0.3) is 5.91 Å². The highest BCUT2D eigenvalue weighted by Gasteiger charge is 2.19. The molecule has 0 unspecified atom stereocenters. The van der Waals surface area contributed by atoms with Crippen LogP contribution in [0, 0.1) is 6.92 Å². The quantitative estimate of drug-likeness (QED) is 0.827. The Bertz CT molecular complexity index is 756. The molecule has 24 heavy (non-hydrogen) atoms. The lowest BCUT2D eigenvalue weighted by molar-refractivity contribution is -0.124. The first-order chi connectivity index (χ1) is 11.5. The molecule has 2 rings (SSSR count). The van der Waals surface area contributed by atoms with Crippen LogP contribution < -0.4 is 5.32 Å². The average molecular weight is 328 g/mol. The lowest BCUT2D eigenvalue weighted by Crippen LogP contribution is -2.35. The van der Waals surface area contributed by atoms with Crippen molar-refractivity contribution in [2.45, 2.75) is 46.6 Å². The van der Waals surface area contributed by atoms with Crippen molar-refractivity contribution in [1.29, 1.82) is 0 Å². The third-order valence-electron chi connectivity index (χ3n) is 4.13. The maximum absolute atomic E-state index is 12.6. The van der Waals surface area contributed by atoms with E-state index in [-0.39, 0.29) is 18.6 Å². The second-order valence-electron chi connectivity index (χ2n) is 5.88. The average Bonchev–Trinajstić information content (AvgIpc) is 2.58. The number of aromatic nitrogens is 1. The number of carbonyl (C=O) groups is 2. The third-order valence-corrected chi connectivity index (χ3v) is 4.13. The molecule has 1 aromatic heterocycles. The smallest absolute Gasteiger partial charge is 0.339 e. The molecule has 1 amide bonds. The standard InChI is InChI=1S/C19H24N2O3/c1-5-12(3)20-17(22)11-24-19(23)18-13(4)15(6-2)21-16-10-8-7-9-14(16)18/h7-10,12H,5-6,11H2,1-4H3,(H,20,22)/t12-/m1/s1. The molecule has 0 saturated carbocycles. The fourth-order valence-corrected chi connectivity index (χ4v) is 2.59. The van der Waals surface area contributed by atoms with Crippen LogP contribution >= 0.6 is 0 Å². The van der Waals surface area contributed by atoms with Crippen molar-refractivity contribution in [2.24, 2.45) is 0 Å². The summed E-state index contributed by atoms with van der Waals surface area (Å²) in [5.41, 5.74) is 2.93. The van der Waals surface area contributed by atoms with Gasteiger partial charge in [-0.15, -0.1) is 0 Å². The van der Waals surface area contributed by atoms with Crippen LogP contribution in [0.4, 0.5) is 0 Å². The molecule has 1 N–H and O–H groups in total. The van der Waals surface area contributed by atoms with Gasteiger partial charge in [-0.25, -0.2) is 4.79 Å². The minimum atomic E-state index is -0.486. The van der Waals surface area contributed by atoms with Crippen LogP contribution in [0.15, 0.2) is 24.3 Å². The summed E-state index contributed by atoms with van der Waals surface area (Å²) in [5.74, 6) is -0.774. The molecule has 0 aliphatic heterocycles. The van der Waals surface area contributed by atoms with E-state index in [1.165, 1.54) is 0 Å². The molecule has 0 aliphatic carbocycles. The van der Waals surface area contributed by atoms with Gasteiger partial charge < -0.3 is 10.1 Å². The largest absolute Gasteiger partial charge is 0.452 e. The number of rotatable bonds is 6. The first kappa shape index (κ1) is 17.9. The minimum absolute atomic E-state index is 0.0615. The minimum Gasteiger partial charge on any atom is -0.452 e. The highest BCUT2D eigenvalue weighted by Crippen LogP contribution is 2.24. The molecule has 1 atom stereocenters. The SMILES string of the molecule is CCc1nc2ccccc2c(C(=O)OCC(=O)N[C@H](C)CC)c1C. The van der Waals surface area contributed by atoms with E-state index in [1.807, 2.05) is 52.0 Å². The number of nitrogens with zero attached hydrogens (tertiary/aromatic N) is 1. The van der Waals surface area contributed by atoms with Gasteiger partial charge >= 0.3 is 5.97 Å². The molecule has 1 heterocycles. The molecule has 5 nitrogen and oxygen atoms in total. The van der Waals surface area contributed by atoms with Gasteiger partial charge in [0, 0.05) is 17.1 Å². The molecular formula is C19H24N2O3. The van der Waals surface area contributed by atoms with E-state index in [4.69, 9.17) is 4.74 Å². The van der Waals surface area contributed by atoms with E-state index in [0.717, 1.165) is 35.0 Å². The summed E-state index contributed by atoms with van der Waals surface area (Å²) < 4.78 is 5.24. The first-order valence-corrected chi connectivity index (χ1v) is 8.32. The van der Waals surface area contributed by atoms with Crippen molar-refractivity contribution >= 4 is 22.8 Å². The van der Waals surface area contributed by atoms with Crippen molar-refractivity contribution in [3.05, 3.63) is 41.1 Å². The van der Waals surface area contributed by atoms with Gasteiger partial charge in [0.05, 0.1) is 11.1 Å². The summed E-state index contributed by atoms with van der Waals surface area (Å²) >= 11 is 0. The van der Waals surface area contributed by atoms with E-state index < -0.39 is 5.97 Å². The van der Waals surface area contributed by atoms with Crippen LogP contribution in [0.25, 0.3) is 10.9 Å². The zero-order valence-electron chi connectivity index (χ0n) is 14.7. The Hall–Kier alpha value is -2.43. The highest BCUT2D eigenvalue weighted by molar-refractivity contribution is 6.05. The zero-order chi connectivity index (χ0) is 17.7. The Morgan fingerprint density at radius 1 is 1.25 bits per heavy atom. The molecule has 0 aliphatic rings. The highest BCUT2D eigenvalue weighted by atomic mass is 16.5. The molecule has 2 aromatic rings. The molecular weight excluding hydrogens is 304 g/mol. The van der Waals surface area contributed by atoms with E-state index >= 15 is 0 Å². The van der Waals surface area contributed by atoms with E-state index in [0.29, 0.717) is 5.56 Å². The fourth-order valence-electron chi connectivity index (χ4n) is 2.59. The van der Waals surface area contributed by atoms with Gasteiger partial charge in [-0.05, 0) is 38.3 Å². The fraction of sp³-hybridized carbons (Fsp3) is 0.421. The third kappa shape index (κ3) is 3.91. The summed E-state index contributed by atoms with van der Waals surface area (Å²) in [6.45, 7) is 7.48. The van der Waals surface area contributed by atoms with E-state index in [9.17, 15) is 9.59 Å². The molecule has 1 aromatic carbocycles. The molecule has 0 bridgehead atoms. The van der Waals surface area contributed by atoms with Crippen molar-refractivity contribution in [3.63, 3.8) is 0 Å². The Balaban J connectivity index is 2.26. The molecule has 0 saturated heterocycles. The zero-order valence-corrected chi connectivity index (χ0v) is 14.7. The number of pyridine rings is 1. The Morgan fingerprint density at radius 3 is 2.62 bits per heavy atom. The van der Waals surface area contributed by atoms with Crippen LogP contribution in [-0.2, 0) is 16.0 Å². The van der Waals surface area contributed by atoms with Crippen LogP contribution in [0.3, 0.4) is 0 Å². The maximum atomic E-state index is 12.6. The van der Waals surface area contributed by atoms with E-state index in [2.05, 4.69) is 10.3 Å². The number of para-hydroxylation sites is 1. The number of hydrogen-bond acceptors (Lipinski definition) is 4. The van der Waals surface area contributed by atoms with Crippen LogP contribution in [0.2, 0.25) is 0 Å². The summed E-state index contributed by atoms with van der Waals surface area (Å²) in [4.78, 5) is 29.0. The number of aryl methyl sites for hydroxylation is 1. The first-order valence-electron chi connectivity index (χ1n) is 8.32. The van der Waals surface area contributed by atoms with E-state index in [1.54, 1.807) is 0 Å². The summed E-state index contributed by atoms with van der Waals surface area (Å²) in [6, 6.07) is 7.54. The Kier molecular flexibility index (Phi) is 5.90. The summed E-state index contributed by atoms with van der Waals surface area (Å²) in [6.07, 6.45) is 1.55. The number of nitrogens with one attached hydrogen (secondary N) is 1. The monoisotopic (exact) mass is 328 g/mol. The maximum Gasteiger partial charge on any atom is 0.339 e. The Labute approximate surface area is 142 Å². The van der Waals surface area contributed by atoms with Gasteiger partial charge in [-0.2, -0.15) is 0 Å². The summed E-state index contributed by atoms with van der Waals surface area (Å²) in [7, 11) is 0. The molecule has 0 radical (unpaired) electrons. The number of amides is 1. The predicted molar refractivity (Wildman–Crippen MR) is 94.0 cm³/mol. The van der Waals surface area contributed by atoms with Crippen molar-refractivity contribution < 1.29 is 14.3 Å². The second-order valence-corrected chi connectivity index (χ2v) is 5.88. The molecule has 0 spiro atoms. The van der Waals surface area contributed by atoms with Gasteiger partial charge in [0.1, 0.15) is 0 Å². The normalized spacial score (nSPS) is 12.0. The number of esters is 1. The second kappa shape index (κ2) is 7.90. The number of ether oxygens (including phenoxy) is 1. The molecule has 128 valence electrons. The van der Waals surface area contributed by atoms with Gasteiger partial charge in [0.2, 0.25) is 0 Å². The number of benzene rings is 1. The molecule has 5 heteroatoms. The number of carbonyl (C=O) groups excluding carboxylic acids is 2. The number of hydrogen-bond donors (Lipinski definition) is 1. The van der Waals surface area contributed by atoms with Gasteiger partial charge in [0.15, 0.2) is 6.61 Å². The Morgan fingerprint density at radius 2 is 1.96 bits per heavy atom. The number of fused-ring (bicyclic) bond motifs is 1. The molecule has 0 fully saturated rings. The van der Waals surface area contributed by atoms with Crippen molar-refractivity contribution in [3.8, 4) is 0 Å². The summed E-state index contributed by atoms with van der Waals surface area (Å²) in [5, 5.41) is 3.53. The van der Waals surface area contributed by atoms with Crippen LogP contribution in [0.5, 0.6) is 0 Å². The van der Waals surface area contributed by atoms with Crippen LogP contribution in [0.1, 0.15) is 48.8 Å². The van der Waals surface area contributed by atoms with Crippen molar-refractivity contribution in [1.82, 2.24) is 10.3 Å². The predicted octanol–water partition coefficient (Wildman–Crippen LogP) is 3.18. The lowest BCUT2D eigenvalue weighted by Gasteiger charge is -2.14. The van der Waals surface area contributed by atoms with Gasteiger partial charge in [-0.3, -0.25) is 9.78 Å². The van der Waals surface area contributed by atoms with Crippen LogP contribution in [-0.4, -0.2) is 29.5 Å². The topological polar surface area (TPSA) is 68.3 Å². The lowest BCUT2D eigenvalue weighted by atomic mass is 10.0. The van der Waals surface area contributed by atoms with Gasteiger partial charge in [-0.1, -0.05) is 32.0 Å².